The van der Waals surface area contributed by atoms with Crippen molar-refractivity contribution < 1.29 is 19.4 Å². The van der Waals surface area contributed by atoms with Gasteiger partial charge in [-0.25, -0.2) is 4.79 Å². The molecular weight excluding hydrogens is 464 g/mol. The van der Waals surface area contributed by atoms with E-state index >= 15 is 0 Å². The highest BCUT2D eigenvalue weighted by Crippen LogP contribution is 2.46. The van der Waals surface area contributed by atoms with Crippen molar-refractivity contribution in [1.29, 1.82) is 0 Å². The normalized spacial score (nSPS) is 26.1. The number of rotatable bonds is 5. The van der Waals surface area contributed by atoms with Crippen molar-refractivity contribution in [1.82, 2.24) is 10.2 Å². The zero-order valence-electron chi connectivity index (χ0n) is 20.5. The average Bonchev–Trinajstić information content (AvgIpc) is 2.85. The Hall–Kier alpha value is -2.57. The van der Waals surface area contributed by atoms with Gasteiger partial charge >= 0.3 is 6.09 Å². The van der Waals surface area contributed by atoms with Gasteiger partial charge in [0.2, 0.25) is 5.91 Å². The maximum atomic E-state index is 13.6. The molecule has 0 unspecified atom stereocenters. The van der Waals surface area contributed by atoms with Crippen molar-refractivity contribution >= 4 is 23.6 Å². The summed E-state index contributed by atoms with van der Waals surface area (Å²) in [6.07, 6.45) is 3.37. The number of benzene rings is 2. The highest BCUT2D eigenvalue weighted by atomic mass is 35.5. The molecule has 1 aliphatic heterocycles. The Bertz CT molecular complexity index is 1030. The molecule has 2 aromatic carbocycles. The predicted octanol–water partition coefficient (Wildman–Crippen LogP) is 5.27. The van der Waals surface area contributed by atoms with E-state index in [9.17, 15) is 14.7 Å². The number of hydrogen-bond donors (Lipinski definition) is 2. The van der Waals surface area contributed by atoms with Crippen molar-refractivity contribution in [2.45, 2.75) is 64.2 Å². The molecule has 0 radical (unpaired) electrons. The van der Waals surface area contributed by atoms with E-state index < -0.39 is 17.1 Å². The largest absolute Gasteiger partial charge is 0.445 e. The molecule has 4 rings (SSSR count). The maximum Gasteiger partial charge on any atom is 0.407 e. The Kier molecular flexibility index (Phi) is 7.72. The van der Waals surface area contributed by atoms with Crippen LogP contribution in [0.25, 0.3) is 0 Å². The molecule has 188 valence electrons. The molecule has 2 amide bonds. The third-order valence-corrected chi connectivity index (χ3v) is 7.93. The van der Waals surface area contributed by atoms with E-state index in [0.717, 1.165) is 36.8 Å². The smallest absolute Gasteiger partial charge is 0.407 e. The van der Waals surface area contributed by atoms with Crippen LogP contribution in [0.5, 0.6) is 0 Å². The van der Waals surface area contributed by atoms with Gasteiger partial charge in [-0.1, -0.05) is 80.8 Å². The number of piperidine rings is 1. The standard InChI is InChI=1S/C28H35ClN2O4/c1-27(2)19-31(17-16-28(27,34)21-12-14-22(29)15-13-21)25(32)23-10-6-7-11-24(23)30-26(33)35-18-20-8-4-3-5-9-20/h3-5,8-9,12-15,23-24,34H,6-7,10-11,16-19H2,1-2H3,(H,30,33)/t23-,24+,28-/m0/s1. The number of amides is 2. The second-order valence-corrected chi connectivity index (χ2v) is 10.9. The summed E-state index contributed by atoms with van der Waals surface area (Å²) in [4.78, 5) is 28.0. The number of carbonyl (C=O) groups is 2. The molecule has 3 atom stereocenters. The highest BCUT2D eigenvalue weighted by Gasteiger charge is 2.50. The summed E-state index contributed by atoms with van der Waals surface area (Å²) < 4.78 is 5.40. The van der Waals surface area contributed by atoms with Gasteiger partial charge < -0.3 is 20.1 Å². The van der Waals surface area contributed by atoms with E-state index in [1.54, 1.807) is 12.1 Å². The fourth-order valence-corrected chi connectivity index (χ4v) is 5.65. The minimum Gasteiger partial charge on any atom is -0.445 e. The number of aliphatic hydroxyl groups is 1. The van der Waals surface area contributed by atoms with Crippen LogP contribution in [0.2, 0.25) is 5.02 Å². The lowest BCUT2D eigenvalue weighted by Gasteiger charge is -2.51. The Morgan fingerprint density at radius 1 is 1.09 bits per heavy atom. The van der Waals surface area contributed by atoms with Crippen LogP contribution in [0.3, 0.4) is 0 Å². The average molecular weight is 499 g/mol. The van der Waals surface area contributed by atoms with Gasteiger partial charge in [-0.15, -0.1) is 0 Å². The third kappa shape index (κ3) is 5.65. The van der Waals surface area contributed by atoms with Gasteiger partial charge in [-0.2, -0.15) is 0 Å². The third-order valence-electron chi connectivity index (χ3n) is 7.68. The minimum absolute atomic E-state index is 0.0456. The number of ether oxygens (including phenoxy) is 1. The van der Waals surface area contributed by atoms with Crippen LogP contribution in [0.15, 0.2) is 54.6 Å². The Labute approximate surface area is 212 Å². The van der Waals surface area contributed by atoms with Crippen LogP contribution in [0, 0.1) is 11.3 Å². The zero-order valence-corrected chi connectivity index (χ0v) is 21.3. The summed E-state index contributed by atoms with van der Waals surface area (Å²) in [6.45, 7) is 5.09. The van der Waals surface area contributed by atoms with E-state index in [1.807, 2.05) is 61.2 Å². The topological polar surface area (TPSA) is 78.9 Å². The molecule has 6 nitrogen and oxygen atoms in total. The molecule has 1 aliphatic carbocycles. The van der Waals surface area contributed by atoms with Crippen LogP contribution < -0.4 is 5.32 Å². The molecule has 2 fully saturated rings. The van der Waals surface area contributed by atoms with Gasteiger partial charge in [0.1, 0.15) is 6.61 Å². The molecule has 7 heteroatoms. The summed E-state index contributed by atoms with van der Waals surface area (Å²) in [6, 6.07) is 16.6. The van der Waals surface area contributed by atoms with Crippen LogP contribution in [-0.2, 0) is 21.7 Å². The number of nitrogens with zero attached hydrogens (tertiary/aromatic N) is 1. The number of hydrogen-bond acceptors (Lipinski definition) is 4. The molecule has 35 heavy (non-hydrogen) atoms. The maximum absolute atomic E-state index is 13.6. The van der Waals surface area contributed by atoms with E-state index in [1.165, 1.54) is 0 Å². The van der Waals surface area contributed by atoms with Crippen LogP contribution in [0.1, 0.15) is 57.1 Å². The summed E-state index contributed by atoms with van der Waals surface area (Å²) in [7, 11) is 0. The number of halogens is 1. The molecule has 2 aliphatic rings. The Morgan fingerprint density at radius 3 is 2.46 bits per heavy atom. The van der Waals surface area contributed by atoms with E-state index in [4.69, 9.17) is 16.3 Å². The highest BCUT2D eigenvalue weighted by molar-refractivity contribution is 6.30. The summed E-state index contributed by atoms with van der Waals surface area (Å²) in [5.74, 6) is -0.241. The lowest BCUT2D eigenvalue weighted by molar-refractivity contribution is -0.158. The van der Waals surface area contributed by atoms with Gasteiger partial charge in [-0.05, 0) is 42.5 Å². The van der Waals surface area contributed by atoms with Gasteiger partial charge in [0.05, 0.1) is 11.5 Å². The molecule has 1 saturated heterocycles. The fourth-order valence-electron chi connectivity index (χ4n) is 5.52. The molecule has 1 saturated carbocycles. The molecule has 0 aromatic heterocycles. The molecule has 0 spiro atoms. The van der Waals surface area contributed by atoms with Gasteiger partial charge in [0.15, 0.2) is 0 Å². The number of likely N-dealkylation sites (tertiary alicyclic amines) is 1. The lowest BCUT2D eigenvalue weighted by Crippen LogP contribution is -2.59. The fraction of sp³-hybridized carbons (Fsp3) is 0.500. The summed E-state index contributed by atoms with van der Waals surface area (Å²) in [5, 5.41) is 15.2. The predicted molar refractivity (Wildman–Crippen MR) is 136 cm³/mol. The van der Waals surface area contributed by atoms with E-state index in [-0.39, 0.29) is 24.5 Å². The van der Waals surface area contributed by atoms with Gasteiger partial charge in [-0.3, -0.25) is 4.79 Å². The first kappa shape index (κ1) is 25.5. The van der Waals surface area contributed by atoms with Crippen molar-refractivity contribution in [3.8, 4) is 0 Å². The molecule has 0 bridgehead atoms. The quantitative estimate of drug-likeness (QED) is 0.588. The summed E-state index contributed by atoms with van der Waals surface area (Å²) in [5.41, 5.74) is 0.126. The van der Waals surface area contributed by atoms with Crippen LogP contribution in [0.4, 0.5) is 4.79 Å². The number of alkyl carbamates (subject to hydrolysis) is 1. The second kappa shape index (κ2) is 10.6. The Morgan fingerprint density at radius 2 is 1.77 bits per heavy atom. The van der Waals surface area contributed by atoms with Gasteiger partial charge in [0, 0.05) is 29.6 Å². The monoisotopic (exact) mass is 498 g/mol. The minimum atomic E-state index is -1.06. The van der Waals surface area contributed by atoms with Crippen molar-refractivity contribution in [3.63, 3.8) is 0 Å². The van der Waals surface area contributed by atoms with Crippen molar-refractivity contribution in [2.24, 2.45) is 11.3 Å². The Balaban J connectivity index is 1.40. The molecular formula is C28H35ClN2O4. The number of carbonyl (C=O) groups excluding carboxylic acids is 2. The first-order chi connectivity index (χ1) is 16.7. The SMILES string of the molecule is CC1(C)CN(C(=O)[C@H]2CCCC[C@H]2NC(=O)OCc2ccccc2)CC[C@]1(O)c1ccc(Cl)cc1. The van der Waals surface area contributed by atoms with E-state index in [2.05, 4.69) is 5.32 Å². The number of nitrogens with one attached hydrogen (secondary N) is 1. The van der Waals surface area contributed by atoms with Crippen LogP contribution >= 0.6 is 11.6 Å². The van der Waals surface area contributed by atoms with Crippen LogP contribution in [-0.4, -0.2) is 41.1 Å². The van der Waals surface area contributed by atoms with Crippen molar-refractivity contribution in [3.05, 3.63) is 70.7 Å². The first-order valence-electron chi connectivity index (χ1n) is 12.4. The molecule has 2 N–H and O–H groups in total. The van der Waals surface area contributed by atoms with Crippen molar-refractivity contribution in [2.75, 3.05) is 13.1 Å². The molecule has 2 aromatic rings. The second-order valence-electron chi connectivity index (χ2n) is 10.5. The lowest BCUT2D eigenvalue weighted by atomic mass is 9.66. The first-order valence-corrected chi connectivity index (χ1v) is 12.8. The van der Waals surface area contributed by atoms with Gasteiger partial charge in [0.25, 0.3) is 0 Å². The van der Waals surface area contributed by atoms with E-state index in [0.29, 0.717) is 24.5 Å². The molecule has 1 heterocycles. The summed E-state index contributed by atoms with van der Waals surface area (Å²) >= 11 is 6.04. The zero-order chi connectivity index (χ0) is 25.1.